The predicted molar refractivity (Wildman–Crippen MR) is 233 cm³/mol. The van der Waals surface area contributed by atoms with Crippen molar-refractivity contribution in [2.45, 2.75) is 0 Å². The molecule has 9 aromatic rings. The van der Waals surface area contributed by atoms with Crippen LogP contribution in [0.4, 0.5) is 11.4 Å². The molecule has 5 aromatic carbocycles. The van der Waals surface area contributed by atoms with Gasteiger partial charge in [-0.25, -0.2) is 9.97 Å². The zero-order valence-electron chi connectivity index (χ0n) is 31.0. The third kappa shape index (κ3) is 6.49. The Bertz CT molecular complexity index is 2930. The highest BCUT2D eigenvalue weighted by Gasteiger charge is 2.18. The highest BCUT2D eigenvalue weighted by Crippen LogP contribution is 2.40. The molecule has 0 radical (unpaired) electrons. The van der Waals surface area contributed by atoms with Crippen LogP contribution in [0.3, 0.4) is 0 Å². The van der Waals surface area contributed by atoms with Gasteiger partial charge in [0.15, 0.2) is 5.82 Å². The molecule has 6 nitrogen and oxygen atoms in total. The van der Waals surface area contributed by atoms with E-state index in [0.29, 0.717) is 12.4 Å². The van der Waals surface area contributed by atoms with Gasteiger partial charge in [0.25, 0.3) is 0 Å². The quantitative estimate of drug-likeness (QED) is 0.169. The van der Waals surface area contributed by atoms with E-state index in [9.17, 15) is 0 Å². The third-order valence-electron chi connectivity index (χ3n) is 10.4. The van der Waals surface area contributed by atoms with Gasteiger partial charge in [-0.15, -0.1) is 0 Å². The Kier molecular flexibility index (Phi) is 8.61. The normalized spacial score (nSPS) is 13.8. The van der Waals surface area contributed by atoms with Gasteiger partial charge in [0.2, 0.25) is 0 Å². The maximum atomic E-state index is 6.36. The van der Waals surface area contributed by atoms with Gasteiger partial charge < -0.3 is 9.32 Å². The van der Waals surface area contributed by atoms with Crippen molar-refractivity contribution >= 4 is 38.9 Å². The predicted octanol–water partition coefficient (Wildman–Crippen LogP) is 12.8. The Hall–Kier alpha value is -7.70. The summed E-state index contributed by atoms with van der Waals surface area (Å²) in [5, 5.41) is 2.26. The van der Waals surface area contributed by atoms with E-state index in [1.165, 1.54) is 0 Å². The lowest BCUT2D eigenvalue weighted by Crippen LogP contribution is -2.18. The van der Waals surface area contributed by atoms with Gasteiger partial charge in [-0.3, -0.25) is 9.97 Å². The lowest BCUT2D eigenvalue weighted by molar-refractivity contribution is 0.670. The van der Waals surface area contributed by atoms with Crippen molar-refractivity contribution in [3.63, 3.8) is 0 Å². The summed E-state index contributed by atoms with van der Waals surface area (Å²) in [6.07, 6.45) is 12.0. The fourth-order valence-electron chi connectivity index (χ4n) is 7.53. The molecule has 270 valence electrons. The largest absolute Gasteiger partial charge is 0.455 e. The number of rotatable bonds is 6. The third-order valence-corrected chi connectivity index (χ3v) is 10.4. The maximum Gasteiger partial charge on any atom is 0.160 e. The number of nitrogens with zero attached hydrogens (tertiary/aromatic N) is 5. The Morgan fingerprint density at radius 1 is 0.526 bits per heavy atom. The average Bonchev–Trinajstić information content (AvgIpc) is 3.70. The van der Waals surface area contributed by atoms with Gasteiger partial charge in [-0.2, -0.15) is 0 Å². The van der Waals surface area contributed by atoms with E-state index < -0.39 is 0 Å². The van der Waals surface area contributed by atoms with Gasteiger partial charge in [-0.1, -0.05) is 122 Å². The second kappa shape index (κ2) is 14.5. The molecule has 0 aliphatic carbocycles. The van der Waals surface area contributed by atoms with Crippen LogP contribution in [0.15, 0.2) is 199 Å². The van der Waals surface area contributed by atoms with Crippen LogP contribution in [0.1, 0.15) is 5.56 Å². The summed E-state index contributed by atoms with van der Waals surface area (Å²) in [4.78, 5) is 21.3. The van der Waals surface area contributed by atoms with E-state index in [0.717, 1.165) is 95.0 Å². The van der Waals surface area contributed by atoms with Gasteiger partial charge >= 0.3 is 0 Å². The minimum absolute atomic E-state index is 0.613. The zero-order valence-corrected chi connectivity index (χ0v) is 31.0. The lowest BCUT2D eigenvalue weighted by atomic mass is 9.96. The SMILES string of the molecule is C=C1/C=C\C=C/CN(c2ccc(-c3cccc4c3oc3ccccc34)cc2)c2ccc(-c3ccc(-c4nc(-c5ccccn5)cc(-c5ccccn5)n4)cc3)cc21. The van der Waals surface area contributed by atoms with E-state index in [1.54, 1.807) is 12.4 Å². The smallest absolute Gasteiger partial charge is 0.160 e. The minimum Gasteiger partial charge on any atom is -0.455 e. The van der Waals surface area contributed by atoms with Gasteiger partial charge in [0, 0.05) is 57.8 Å². The summed E-state index contributed by atoms with van der Waals surface area (Å²) in [5.74, 6) is 0.613. The van der Waals surface area contributed by atoms with Crippen LogP contribution < -0.4 is 4.90 Å². The van der Waals surface area contributed by atoms with Gasteiger partial charge in [-0.05, 0) is 82.9 Å². The van der Waals surface area contributed by atoms with E-state index in [4.69, 9.17) is 14.4 Å². The topological polar surface area (TPSA) is 67.9 Å². The summed E-state index contributed by atoms with van der Waals surface area (Å²) in [7, 11) is 0. The van der Waals surface area contributed by atoms with Crippen molar-refractivity contribution in [1.82, 2.24) is 19.9 Å². The first-order valence-corrected chi connectivity index (χ1v) is 18.9. The number of pyridine rings is 2. The van der Waals surface area contributed by atoms with E-state index >= 15 is 0 Å². The molecule has 1 aliphatic rings. The van der Waals surface area contributed by atoms with Crippen molar-refractivity contribution < 1.29 is 4.42 Å². The standard InChI is InChI=1S/C51H35N5O/c1-34-12-3-2-10-31-56(39-26-23-36(24-27-39)40-14-11-15-42-41-13-4-5-18-49(41)57-50(40)42)48-28-25-38(32-43(34)48)35-19-21-37(22-20-35)51-54-46(44-16-6-8-29-52-44)33-47(55-51)45-17-7-9-30-53-45/h2-30,32-33H,1,31H2/b10-2-,12-3-. The molecule has 4 aromatic heterocycles. The first-order chi connectivity index (χ1) is 28.2. The molecule has 6 heteroatoms. The molecule has 0 saturated heterocycles. The molecule has 0 N–H and O–H groups in total. The summed E-state index contributed by atoms with van der Waals surface area (Å²) in [6.45, 7) is 5.20. The van der Waals surface area contributed by atoms with Crippen molar-refractivity contribution in [1.29, 1.82) is 0 Å². The first kappa shape index (κ1) is 33.8. The van der Waals surface area contributed by atoms with E-state index in [-0.39, 0.29) is 0 Å². The molecule has 0 bridgehead atoms. The number of furan rings is 1. The summed E-state index contributed by atoms with van der Waals surface area (Å²) < 4.78 is 6.36. The molecule has 10 rings (SSSR count). The van der Waals surface area contributed by atoms with E-state index in [2.05, 4.69) is 143 Å². The van der Waals surface area contributed by atoms with Crippen LogP contribution >= 0.6 is 0 Å². The average molecular weight is 734 g/mol. The fraction of sp³-hybridized carbons (Fsp3) is 0.0196. The molecule has 5 heterocycles. The van der Waals surface area contributed by atoms with Crippen molar-refractivity contribution in [3.8, 4) is 56.4 Å². The van der Waals surface area contributed by atoms with Crippen LogP contribution in [-0.2, 0) is 0 Å². The maximum absolute atomic E-state index is 6.36. The van der Waals surface area contributed by atoms with E-state index in [1.807, 2.05) is 54.6 Å². The Morgan fingerprint density at radius 2 is 1.19 bits per heavy atom. The summed E-state index contributed by atoms with van der Waals surface area (Å²) in [6, 6.07) is 52.0. The molecular formula is C51H35N5O. The number of hydrogen-bond acceptors (Lipinski definition) is 6. The van der Waals surface area contributed by atoms with Crippen LogP contribution in [0, 0.1) is 0 Å². The molecule has 0 unspecified atom stereocenters. The number of anilines is 2. The summed E-state index contributed by atoms with van der Waals surface area (Å²) in [5.41, 5.74) is 14.3. The highest BCUT2D eigenvalue weighted by atomic mass is 16.3. The van der Waals surface area contributed by atoms with Crippen LogP contribution in [0.2, 0.25) is 0 Å². The lowest BCUT2D eigenvalue weighted by Gasteiger charge is -2.27. The Morgan fingerprint density at radius 3 is 1.93 bits per heavy atom. The highest BCUT2D eigenvalue weighted by molar-refractivity contribution is 6.09. The van der Waals surface area contributed by atoms with Crippen molar-refractivity contribution in [2.75, 3.05) is 11.4 Å². The van der Waals surface area contributed by atoms with Crippen molar-refractivity contribution in [2.24, 2.45) is 0 Å². The first-order valence-electron chi connectivity index (χ1n) is 18.9. The zero-order chi connectivity index (χ0) is 38.1. The number of hydrogen-bond donors (Lipinski definition) is 0. The van der Waals surface area contributed by atoms with Crippen molar-refractivity contribution in [3.05, 3.63) is 200 Å². The molecular weight excluding hydrogens is 699 g/mol. The van der Waals surface area contributed by atoms with Crippen LogP contribution in [0.25, 0.3) is 83.9 Å². The molecule has 0 fully saturated rings. The summed E-state index contributed by atoms with van der Waals surface area (Å²) >= 11 is 0. The van der Waals surface area contributed by atoms with Crippen LogP contribution in [-0.4, -0.2) is 26.5 Å². The minimum atomic E-state index is 0.613. The molecule has 0 saturated carbocycles. The number of para-hydroxylation sites is 2. The molecule has 1 aliphatic heterocycles. The fourth-order valence-corrected chi connectivity index (χ4v) is 7.53. The molecule has 0 amide bonds. The number of fused-ring (bicyclic) bond motifs is 4. The van der Waals surface area contributed by atoms with Crippen LogP contribution in [0.5, 0.6) is 0 Å². The number of allylic oxidation sites excluding steroid dienone is 4. The number of benzene rings is 5. The number of aromatic nitrogens is 4. The second-order valence-corrected chi connectivity index (χ2v) is 14.0. The molecule has 57 heavy (non-hydrogen) atoms. The monoisotopic (exact) mass is 733 g/mol. The Labute approximate surface area is 330 Å². The molecule has 0 spiro atoms. The second-order valence-electron chi connectivity index (χ2n) is 14.0. The van der Waals surface area contributed by atoms with Gasteiger partial charge in [0.1, 0.15) is 11.2 Å². The van der Waals surface area contributed by atoms with Gasteiger partial charge in [0.05, 0.1) is 22.8 Å². The molecule has 0 atom stereocenters. The Balaban J connectivity index is 0.980.